The van der Waals surface area contributed by atoms with Crippen molar-refractivity contribution in [2.24, 2.45) is 0 Å². The molecule has 1 aromatic heterocycles. The monoisotopic (exact) mass is 212 g/mol. The quantitative estimate of drug-likeness (QED) is 0.660. The van der Waals surface area contributed by atoms with Crippen LogP contribution in [0, 0.1) is 0 Å². The second-order valence-electron chi connectivity index (χ2n) is 4.05. The van der Waals surface area contributed by atoms with Gasteiger partial charge < -0.3 is 4.74 Å². The summed E-state index contributed by atoms with van der Waals surface area (Å²) in [4.78, 5) is 0. The highest BCUT2D eigenvalue weighted by molar-refractivity contribution is 5.64. The standard InChI is InChI=1S/C14H14NO/c1-16-12-6-5-11-7-9-15-8-3-2-4-14(15)13(11)10-12/h2-6,8,10H,7,9H2,1H3/q+1. The summed E-state index contributed by atoms with van der Waals surface area (Å²) >= 11 is 0. The summed E-state index contributed by atoms with van der Waals surface area (Å²) in [6.07, 6.45) is 3.23. The number of ether oxygens (including phenoxy) is 1. The summed E-state index contributed by atoms with van der Waals surface area (Å²) in [6, 6.07) is 12.7. The Morgan fingerprint density at radius 1 is 1.19 bits per heavy atom. The molecule has 0 amide bonds. The Kier molecular flexibility index (Phi) is 2.13. The molecule has 1 aliphatic heterocycles. The van der Waals surface area contributed by atoms with Crippen molar-refractivity contribution < 1.29 is 9.30 Å². The highest BCUT2D eigenvalue weighted by atomic mass is 16.5. The van der Waals surface area contributed by atoms with E-state index in [0.717, 1.165) is 18.7 Å². The lowest BCUT2D eigenvalue weighted by atomic mass is 9.97. The summed E-state index contributed by atoms with van der Waals surface area (Å²) in [5, 5.41) is 0. The van der Waals surface area contributed by atoms with E-state index in [9.17, 15) is 0 Å². The Hall–Kier alpha value is -1.83. The molecule has 2 heterocycles. The van der Waals surface area contributed by atoms with Gasteiger partial charge in [0.25, 0.3) is 0 Å². The molecule has 0 unspecified atom stereocenters. The van der Waals surface area contributed by atoms with Gasteiger partial charge in [-0.2, -0.15) is 4.57 Å². The molecule has 16 heavy (non-hydrogen) atoms. The summed E-state index contributed by atoms with van der Waals surface area (Å²) in [5.41, 5.74) is 3.99. The molecule has 2 nitrogen and oxygen atoms in total. The second kappa shape index (κ2) is 3.63. The van der Waals surface area contributed by atoms with Gasteiger partial charge >= 0.3 is 0 Å². The van der Waals surface area contributed by atoms with E-state index in [1.807, 2.05) is 6.07 Å². The lowest BCUT2D eigenvalue weighted by molar-refractivity contribution is -0.687. The molecule has 0 aliphatic carbocycles. The average molecular weight is 212 g/mol. The second-order valence-corrected chi connectivity index (χ2v) is 4.05. The van der Waals surface area contributed by atoms with E-state index in [-0.39, 0.29) is 0 Å². The summed E-state index contributed by atoms with van der Waals surface area (Å²) in [6.45, 7) is 1.06. The highest BCUT2D eigenvalue weighted by Gasteiger charge is 2.21. The van der Waals surface area contributed by atoms with Crippen LogP contribution in [0.1, 0.15) is 5.56 Å². The molecule has 1 aliphatic rings. The molecule has 2 heteroatoms. The number of aryl methyl sites for hydroxylation is 2. The third-order valence-corrected chi connectivity index (χ3v) is 3.16. The van der Waals surface area contributed by atoms with Crippen molar-refractivity contribution in [1.29, 1.82) is 0 Å². The van der Waals surface area contributed by atoms with Gasteiger partial charge in [0.1, 0.15) is 5.75 Å². The molecule has 0 N–H and O–H groups in total. The van der Waals surface area contributed by atoms with Gasteiger partial charge in [0, 0.05) is 18.6 Å². The molecule has 2 aromatic rings. The molecule has 0 saturated heterocycles. The maximum atomic E-state index is 5.29. The number of pyridine rings is 1. The smallest absolute Gasteiger partial charge is 0.212 e. The number of aromatic nitrogens is 1. The Labute approximate surface area is 95.1 Å². The number of methoxy groups -OCH3 is 1. The molecule has 0 radical (unpaired) electrons. The van der Waals surface area contributed by atoms with Gasteiger partial charge in [-0.15, -0.1) is 0 Å². The van der Waals surface area contributed by atoms with Crippen molar-refractivity contribution in [3.8, 4) is 17.0 Å². The van der Waals surface area contributed by atoms with E-state index < -0.39 is 0 Å². The van der Waals surface area contributed by atoms with Crippen LogP contribution in [-0.4, -0.2) is 7.11 Å². The van der Waals surface area contributed by atoms with Crippen LogP contribution in [0.4, 0.5) is 0 Å². The molecule has 1 aromatic carbocycles. The topological polar surface area (TPSA) is 13.1 Å². The van der Waals surface area contributed by atoms with E-state index in [1.165, 1.54) is 16.8 Å². The van der Waals surface area contributed by atoms with Crippen LogP contribution in [0.3, 0.4) is 0 Å². The largest absolute Gasteiger partial charge is 0.497 e. The van der Waals surface area contributed by atoms with Crippen molar-refractivity contribution in [2.75, 3.05) is 7.11 Å². The van der Waals surface area contributed by atoms with E-state index in [2.05, 4.69) is 41.1 Å². The predicted octanol–water partition coefficient (Wildman–Crippen LogP) is 2.21. The van der Waals surface area contributed by atoms with Gasteiger partial charge in [-0.3, -0.25) is 0 Å². The summed E-state index contributed by atoms with van der Waals surface area (Å²) in [5.74, 6) is 0.927. The Morgan fingerprint density at radius 3 is 3.00 bits per heavy atom. The Balaban J connectivity index is 2.22. The third kappa shape index (κ3) is 1.38. The molecular formula is C14H14NO+. The van der Waals surface area contributed by atoms with Crippen molar-refractivity contribution in [2.45, 2.75) is 13.0 Å². The Bertz CT molecular complexity index is 534. The minimum absolute atomic E-state index is 0.927. The number of fused-ring (bicyclic) bond motifs is 3. The number of benzene rings is 1. The van der Waals surface area contributed by atoms with Crippen molar-refractivity contribution in [3.63, 3.8) is 0 Å². The van der Waals surface area contributed by atoms with Gasteiger partial charge in [0.15, 0.2) is 12.7 Å². The fraction of sp³-hybridized carbons (Fsp3) is 0.214. The van der Waals surface area contributed by atoms with Crippen LogP contribution in [0.5, 0.6) is 5.75 Å². The zero-order chi connectivity index (χ0) is 11.0. The first kappa shape index (κ1) is 9.40. The van der Waals surface area contributed by atoms with Gasteiger partial charge in [-0.1, -0.05) is 6.07 Å². The molecule has 0 atom stereocenters. The van der Waals surface area contributed by atoms with Crippen molar-refractivity contribution in [3.05, 3.63) is 48.2 Å². The SMILES string of the molecule is COc1ccc2c(c1)-c1cccc[n+]1CC2. The average Bonchev–Trinajstić information content (AvgIpc) is 2.38. The maximum Gasteiger partial charge on any atom is 0.212 e. The number of hydrogen-bond donors (Lipinski definition) is 0. The molecule has 80 valence electrons. The van der Waals surface area contributed by atoms with E-state index >= 15 is 0 Å². The Morgan fingerprint density at radius 2 is 2.12 bits per heavy atom. The summed E-state index contributed by atoms with van der Waals surface area (Å²) < 4.78 is 7.58. The maximum absolute atomic E-state index is 5.29. The van der Waals surface area contributed by atoms with Crippen LogP contribution in [0.25, 0.3) is 11.3 Å². The minimum atomic E-state index is 0.927. The minimum Gasteiger partial charge on any atom is -0.497 e. The van der Waals surface area contributed by atoms with Crippen LogP contribution < -0.4 is 9.30 Å². The van der Waals surface area contributed by atoms with E-state index in [4.69, 9.17) is 4.74 Å². The number of rotatable bonds is 1. The van der Waals surface area contributed by atoms with Crippen molar-refractivity contribution in [1.82, 2.24) is 0 Å². The van der Waals surface area contributed by atoms with E-state index in [0.29, 0.717) is 0 Å². The molecule has 0 fully saturated rings. The van der Waals surface area contributed by atoms with Gasteiger partial charge in [0.2, 0.25) is 5.69 Å². The first-order valence-electron chi connectivity index (χ1n) is 5.54. The van der Waals surface area contributed by atoms with Crippen LogP contribution in [-0.2, 0) is 13.0 Å². The molecule has 0 spiro atoms. The molecule has 0 bridgehead atoms. The number of nitrogens with zero attached hydrogens (tertiary/aromatic N) is 1. The zero-order valence-corrected chi connectivity index (χ0v) is 9.31. The fourth-order valence-electron chi connectivity index (χ4n) is 2.30. The fourth-order valence-corrected chi connectivity index (χ4v) is 2.30. The zero-order valence-electron chi connectivity index (χ0n) is 9.31. The summed E-state index contributed by atoms with van der Waals surface area (Å²) in [7, 11) is 1.71. The first-order chi connectivity index (χ1) is 7.88. The van der Waals surface area contributed by atoms with Crippen LogP contribution in [0.2, 0.25) is 0 Å². The van der Waals surface area contributed by atoms with E-state index in [1.54, 1.807) is 7.11 Å². The van der Waals surface area contributed by atoms with Gasteiger partial charge in [-0.05, 0) is 23.8 Å². The van der Waals surface area contributed by atoms with Crippen LogP contribution >= 0.6 is 0 Å². The number of hydrogen-bond acceptors (Lipinski definition) is 1. The van der Waals surface area contributed by atoms with Gasteiger partial charge in [-0.25, -0.2) is 0 Å². The molecular weight excluding hydrogens is 198 g/mol. The molecule has 3 rings (SSSR count). The van der Waals surface area contributed by atoms with Crippen LogP contribution in [0.15, 0.2) is 42.6 Å². The lowest BCUT2D eigenvalue weighted by Crippen LogP contribution is -2.39. The van der Waals surface area contributed by atoms with Gasteiger partial charge in [0.05, 0.1) is 12.7 Å². The molecule has 0 saturated carbocycles. The van der Waals surface area contributed by atoms with Crippen molar-refractivity contribution >= 4 is 0 Å². The highest BCUT2D eigenvalue weighted by Crippen LogP contribution is 2.28. The normalized spacial score (nSPS) is 12.8. The predicted molar refractivity (Wildman–Crippen MR) is 62.3 cm³/mol. The lowest BCUT2D eigenvalue weighted by Gasteiger charge is -2.15. The first-order valence-corrected chi connectivity index (χ1v) is 5.54. The third-order valence-electron chi connectivity index (χ3n) is 3.16.